The van der Waals surface area contributed by atoms with Gasteiger partial charge in [-0.15, -0.1) is 10.2 Å². The normalized spacial score (nSPS) is 11.1. The Hall–Kier alpha value is -3.58. The Balaban J connectivity index is 1.73. The highest BCUT2D eigenvalue weighted by molar-refractivity contribution is 7.99. The summed E-state index contributed by atoms with van der Waals surface area (Å²) in [7, 11) is 0. The van der Waals surface area contributed by atoms with Crippen molar-refractivity contribution in [1.82, 2.24) is 29.1 Å². The van der Waals surface area contributed by atoms with Crippen LogP contribution in [0.1, 0.15) is 13.3 Å². The monoisotopic (exact) mass is 426 g/mol. The third-order valence-corrected chi connectivity index (χ3v) is 6.05. The maximum absolute atomic E-state index is 4.73. The van der Waals surface area contributed by atoms with E-state index in [1.165, 1.54) is 0 Å². The highest BCUT2D eigenvalue weighted by atomic mass is 32.2. The van der Waals surface area contributed by atoms with Crippen molar-refractivity contribution in [2.75, 3.05) is 5.75 Å². The molecule has 3 heterocycles. The molecule has 0 bridgehead atoms. The van der Waals surface area contributed by atoms with Crippen LogP contribution in [0.5, 0.6) is 0 Å². The Labute approximate surface area is 185 Å². The second-order valence-electron chi connectivity index (χ2n) is 7.05. The molecule has 0 saturated heterocycles. The molecule has 31 heavy (non-hydrogen) atoms. The van der Waals surface area contributed by atoms with Gasteiger partial charge in [0.2, 0.25) is 0 Å². The van der Waals surface area contributed by atoms with Gasteiger partial charge in [-0.1, -0.05) is 55.1 Å². The first-order valence-corrected chi connectivity index (χ1v) is 11.3. The van der Waals surface area contributed by atoms with Gasteiger partial charge in [0.25, 0.3) is 0 Å². The molecule has 0 aliphatic rings. The molecule has 0 unspecified atom stereocenters. The zero-order chi connectivity index (χ0) is 21.0. The van der Waals surface area contributed by atoms with Crippen LogP contribution in [-0.4, -0.2) is 34.9 Å². The summed E-state index contributed by atoms with van der Waals surface area (Å²) in [5.74, 6) is 2.68. The number of thioether (sulfide) groups is 1. The predicted octanol–water partition coefficient (Wildman–Crippen LogP) is 5.41. The maximum atomic E-state index is 4.73. The summed E-state index contributed by atoms with van der Waals surface area (Å²) in [5, 5.41) is 14.8. The zero-order valence-electron chi connectivity index (χ0n) is 17.2. The van der Waals surface area contributed by atoms with E-state index in [0.717, 1.165) is 45.9 Å². The van der Waals surface area contributed by atoms with Crippen LogP contribution in [0.25, 0.3) is 28.6 Å². The van der Waals surface area contributed by atoms with E-state index in [1.807, 2.05) is 83.9 Å². The highest BCUT2D eigenvalue weighted by Gasteiger charge is 2.23. The van der Waals surface area contributed by atoms with E-state index in [0.29, 0.717) is 0 Å². The third-order valence-electron chi connectivity index (χ3n) is 4.92. The predicted molar refractivity (Wildman–Crippen MR) is 124 cm³/mol. The van der Waals surface area contributed by atoms with E-state index < -0.39 is 0 Å². The highest BCUT2D eigenvalue weighted by Crippen LogP contribution is 2.32. The molecule has 0 atom stereocenters. The lowest BCUT2D eigenvalue weighted by Gasteiger charge is -2.13. The average molecular weight is 427 g/mol. The molecule has 6 nitrogen and oxygen atoms in total. The van der Waals surface area contributed by atoms with E-state index in [1.54, 1.807) is 11.8 Å². The fourth-order valence-corrected chi connectivity index (χ4v) is 4.33. The molecule has 0 spiro atoms. The molecule has 0 aliphatic heterocycles. The standard InChI is InChI=1S/C24H22N6S/c1-2-17-31-24-27-26-22(29(24)19-11-5-3-6-12-19)21-18-25-30(20-13-7-4-8-14-20)23(21)28-15-9-10-16-28/h3-16,18H,2,17H2,1H3. The SMILES string of the molecule is CCCSc1nnc(-c2cnn(-c3ccccc3)c2-n2cccc2)n1-c1ccccc1. The van der Waals surface area contributed by atoms with Crippen molar-refractivity contribution in [3.63, 3.8) is 0 Å². The number of para-hydroxylation sites is 2. The van der Waals surface area contributed by atoms with E-state index in [4.69, 9.17) is 5.10 Å². The zero-order valence-corrected chi connectivity index (χ0v) is 18.0. The van der Waals surface area contributed by atoms with Gasteiger partial charge in [-0.05, 0) is 42.8 Å². The van der Waals surface area contributed by atoms with E-state index in [2.05, 4.69) is 38.4 Å². The van der Waals surface area contributed by atoms with Crippen molar-refractivity contribution in [2.24, 2.45) is 0 Å². The van der Waals surface area contributed by atoms with Gasteiger partial charge >= 0.3 is 0 Å². The summed E-state index contributed by atoms with van der Waals surface area (Å²) in [4.78, 5) is 0. The van der Waals surface area contributed by atoms with Crippen molar-refractivity contribution < 1.29 is 0 Å². The molecule has 5 rings (SSSR count). The van der Waals surface area contributed by atoms with Crippen molar-refractivity contribution in [3.05, 3.63) is 91.4 Å². The first-order valence-electron chi connectivity index (χ1n) is 10.3. The van der Waals surface area contributed by atoms with Crippen LogP contribution in [0, 0.1) is 0 Å². The number of benzene rings is 2. The number of hydrogen-bond acceptors (Lipinski definition) is 4. The Morgan fingerprint density at radius 2 is 1.48 bits per heavy atom. The number of hydrogen-bond donors (Lipinski definition) is 0. The van der Waals surface area contributed by atoms with Gasteiger partial charge in [-0.2, -0.15) is 5.10 Å². The van der Waals surface area contributed by atoms with Crippen LogP contribution in [0.3, 0.4) is 0 Å². The second-order valence-corrected chi connectivity index (χ2v) is 8.11. The molecule has 3 aromatic heterocycles. The molecule has 7 heteroatoms. The summed E-state index contributed by atoms with van der Waals surface area (Å²) < 4.78 is 6.14. The Kier molecular flexibility index (Phi) is 5.41. The Bertz CT molecular complexity index is 1260. The molecule has 5 aromatic rings. The van der Waals surface area contributed by atoms with Crippen LogP contribution in [0.4, 0.5) is 0 Å². The van der Waals surface area contributed by atoms with Gasteiger partial charge in [-0.3, -0.25) is 4.57 Å². The van der Waals surface area contributed by atoms with Crippen LogP contribution >= 0.6 is 11.8 Å². The smallest absolute Gasteiger partial charge is 0.196 e. The maximum Gasteiger partial charge on any atom is 0.196 e. The lowest BCUT2D eigenvalue weighted by Crippen LogP contribution is -2.06. The number of nitrogens with zero attached hydrogens (tertiary/aromatic N) is 6. The van der Waals surface area contributed by atoms with Crippen molar-refractivity contribution in [3.8, 4) is 28.6 Å². The fourth-order valence-electron chi connectivity index (χ4n) is 3.52. The molecular formula is C24H22N6S. The summed E-state index contributed by atoms with van der Waals surface area (Å²) in [5.41, 5.74) is 2.94. The van der Waals surface area contributed by atoms with Crippen LogP contribution < -0.4 is 0 Å². The first kappa shape index (κ1) is 19.4. The number of rotatable bonds is 7. The Morgan fingerprint density at radius 3 is 2.16 bits per heavy atom. The van der Waals surface area contributed by atoms with Gasteiger partial charge in [-0.25, -0.2) is 4.68 Å². The molecule has 2 aromatic carbocycles. The lowest BCUT2D eigenvalue weighted by atomic mass is 10.2. The second kappa shape index (κ2) is 8.65. The molecule has 0 saturated carbocycles. The largest absolute Gasteiger partial charge is 0.308 e. The first-order chi connectivity index (χ1) is 15.4. The van der Waals surface area contributed by atoms with Crippen molar-refractivity contribution in [1.29, 1.82) is 0 Å². The van der Waals surface area contributed by atoms with Gasteiger partial charge < -0.3 is 4.57 Å². The molecule has 0 aliphatic carbocycles. The van der Waals surface area contributed by atoms with E-state index in [9.17, 15) is 0 Å². The minimum Gasteiger partial charge on any atom is -0.308 e. The quantitative estimate of drug-likeness (QED) is 0.326. The number of aromatic nitrogens is 6. The summed E-state index contributed by atoms with van der Waals surface area (Å²) in [6.07, 6.45) is 6.99. The van der Waals surface area contributed by atoms with E-state index in [-0.39, 0.29) is 0 Å². The molecular weight excluding hydrogens is 404 g/mol. The summed E-state index contributed by atoms with van der Waals surface area (Å²) >= 11 is 1.72. The van der Waals surface area contributed by atoms with Gasteiger partial charge in [0.05, 0.1) is 17.4 Å². The summed E-state index contributed by atoms with van der Waals surface area (Å²) in [6.45, 7) is 2.17. The Morgan fingerprint density at radius 1 is 0.806 bits per heavy atom. The van der Waals surface area contributed by atoms with Crippen LogP contribution in [0.2, 0.25) is 0 Å². The van der Waals surface area contributed by atoms with Crippen LogP contribution in [0.15, 0.2) is 96.5 Å². The molecule has 154 valence electrons. The average Bonchev–Trinajstić information content (AvgIpc) is 3.57. The molecule has 0 radical (unpaired) electrons. The van der Waals surface area contributed by atoms with E-state index >= 15 is 0 Å². The third kappa shape index (κ3) is 3.68. The minimum atomic E-state index is 0.774. The minimum absolute atomic E-state index is 0.774. The fraction of sp³-hybridized carbons (Fsp3) is 0.125. The van der Waals surface area contributed by atoms with Crippen molar-refractivity contribution >= 4 is 11.8 Å². The molecule has 0 N–H and O–H groups in total. The lowest BCUT2D eigenvalue weighted by molar-refractivity contribution is 0.823. The summed E-state index contributed by atoms with van der Waals surface area (Å²) in [6, 6.07) is 24.4. The topological polar surface area (TPSA) is 53.5 Å². The van der Waals surface area contributed by atoms with Crippen molar-refractivity contribution in [2.45, 2.75) is 18.5 Å². The van der Waals surface area contributed by atoms with Gasteiger partial charge in [0.1, 0.15) is 0 Å². The molecule has 0 amide bonds. The van der Waals surface area contributed by atoms with Crippen LogP contribution in [-0.2, 0) is 0 Å². The molecule has 0 fully saturated rings. The van der Waals surface area contributed by atoms with Gasteiger partial charge in [0.15, 0.2) is 16.8 Å². The van der Waals surface area contributed by atoms with Gasteiger partial charge in [0, 0.05) is 23.8 Å².